The number of hydrogen-bond acceptors (Lipinski definition) is 2. The molecule has 0 aromatic heterocycles. The van der Waals surface area contributed by atoms with E-state index in [1.165, 1.54) is 17.2 Å². The van der Waals surface area contributed by atoms with Crippen LogP contribution in [0.4, 0.5) is 5.69 Å². The number of benzene rings is 2. The van der Waals surface area contributed by atoms with Gasteiger partial charge in [0.25, 0.3) is 0 Å². The lowest BCUT2D eigenvalue weighted by Crippen LogP contribution is -2.27. The van der Waals surface area contributed by atoms with Gasteiger partial charge < -0.3 is 10.2 Å². The van der Waals surface area contributed by atoms with E-state index in [0.29, 0.717) is 5.02 Å². The van der Waals surface area contributed by atoms with Crippen LogP contribution in [-0.2, 0) is 17.8 Å². The van der Waals surface area contributed by atoms with Gasteiger partial charge in [0.2, 0.25) is 5.91 Å². The number of carbonyl (C=O) groups is 1. The van der Waals surface area contributed by atoms with E-state index >= 15 is 0 Å². The largest absolute Gasteiger partial charge is 0.322 e. The second-order valence-corrected chi connectivity index (χ2v) is 6.18. The maximum Gasteiger partial charge on any atom is 0.248 e. The van der Waals surface area contributed by atoms with Crippen LogP contribution in [-0.4, -0.2) is 24.4 Å². The van der Waals surface area contributed by atoms with E-state index < -0.39 is 0 Å². The summed E-state index contributed by atoms with van der Waals surface area (Å²) in [5.41, 5.74) is 4.27. The second kappa shape index (κ2) is 6.99. The van der Waals surface area contributed by atoms with Crippen LogP contribution in [0.15, 0.2) is 48.5 Å². The standard InChI is InChI=1S/C19H19ClN2O/c1-22-12-11-16-15(13-22)6-4-8-18(16)21-19(23)10-9-14-5-2-3-7-17(14)20/h2-10H,11-13H2,1H3,(H,21,23)/b10-9+. The van der Waals surface area contributed by atoms with Gasteiger partial charge in [-0.1, -0.05) is 41.9 Å². The van der Waals surface area contributed by atoms with Crippen LogP contribution in [0.5, 0.6) is 0 Å². The fraction of sp³-hybridized carbons (Fsp3) is 0.211. The minimum Gasteiger partial charge on any atom is -0.322 e. The number of halogens is 1. The van der Waals surface area contributed by atoms with E-state index in [-0.39, 0.29) is 5.91 Å². The minimum absolute atomic E-state index is 0.141. The molecular weight excluding hydrogens is 308 g/mol. The number of hydrogen-bond donors (Lipinski definition) is 1. The predicted molar refractivity (Wildman–Crippen MR) is 95.6 cm³/mol. The normalized spacial score (nSPS) is 14.7. The third kappa shape index (κ3) is 3.81. The van der Waals surface area contributed by atoms with Crippen molar-refractivity contribution >= 4 is 29.3 Å². The molecule has 1 amide bonds. The number of nitrogens with zero attached hydrogens (tertiary/aromatic N) is 1. The fourth-order valence-electron chi connectivity index (χ4n) is 2.82. The molecule has 1 N–H and O–H groups in total. The number of likely N-dealkylation sites (N-methyl/N-ethyl adjacent to an activating group) is 1. The lowest BCUT2D eigenvalue weighted by Gasteiger charge is -2.26. The van der Waals surface area contributed by atoms with Crippen molar-refractivity contribution in [1.82, 2.24) is 4.90 Å². The van der Waals surface area contributed by atoms with Gasteiger partial charge in [-0.3, -0.25) is 4.79 Å². The molecule has 0 radical (unpaired) electrons. The van der Waals surface area contributed by atoms with E-state index in [4.69, 9.17) is 11.6 Å². The van der Waals surface area contributed by atoms with E-state index in [0.717, 1.165) is 30.8 Å². The number of rotatable bonds is 3. The molecule has 1 heterocycles. The van der Waals surface area contributed by atoms with E-state index in [2.05, 4.69) is 23.3 Å². The van der Waals surface area contributed by atoms with Gasteiger partial charge in [0.05, 0.1) is 0 Å². The topological polar surface area (TPSA) is 32.3 Å². The summed E-state index contributed by atoms with van der Waals surface area (Å²) >= 11 is 6.09. The first-order valence-electron chi connectivity index (χ1n) is 7.66. The molecule has 0 aliphatic carbocycles. The van der Waals surface area contributed by atoms with E-state index in [9.17, 15) is 4.79 Å². The smallest absolute Gasteiger partial charge is 0.248 e. The highest BCUT2D eigenvalue weighted by molar-refractivity contribution is 6.32. The molecule has 0 saturated carbocycles. The van der Waals surface area contributed by atoms with Gasteiger partial charge in [-0.2, -0.15) is 0 Å². The molecule has 4 heteroatoms. The average Bonchev–Trinajstić information content (AvgIpc) is 2.54. The van der Waals surface area contributed by atoms with E-state index in [1.807, 2.05) is 36.4 Å². The minimum atomic E-state index is -0.141. The van der Waals surface area contributed by atoms with Crippen molar-refractivity contribution in [1.29, 1.82) is 0 Å². The number of anilines is 1. The third-order valence-electron chi connectivity index (χ3n) is 4.03. The number of nitrogens with one attached hydrogen (secondary N) is 1. The molecule has 2 aromatic carbocycles. The molecule has 118 valence electrons. The maximum atomic E-state index is 12.2. The van der Waals surface area contributed by atoms with Crippen molar-refractivity contribution in [2.75, 3.05) is 18.9 Å². The van der Waals surface area contributed by atoms with Gasteiger partial charge in [0.1, 0.15) is 0 Å². The van der Waals surface area contributed by atoms with Gasteiger partial charge in [-0.15, -0.1) is 0 Å². The van der Waals surface area contributed by atoms with Crippen molar-refractivity contribution < 1.29 is 4.79 Å². The highest BCUT2D eigenvalue weighted by atomic mass is 35.5. The molecule has 0 bridgehead atoms. The first-order valence-corrected chi connectivity index (χ1v) is 8.04. The highest BCUT2D eigenvalue weighted by Crippen LogP contribution is 2.25. The van der Waals surface area contributed by atoms with Gasteiger partial charge in [-0.05, 0) is 48.4 Å². The SMILES string of the molecule is CN1CCc2c(cccc2NC(=O)/C=C/c2ccccc2Cl)C1. The Morgan fingerprint density at radius 2 is 2.04 bits per heavy atom. The van der Waals surface area contributed by atoms with E-state index in [1.54, 1.807) is 6.08 Å². The lowest BCUT2D eigenvalue weighted by atomic mass is 9.98. The molecule has 23 heavy (non-hydrogen) atoms. The molecule has 0 atom stereocenters. The molecule has 0 spiro atoms. The Balaban J connectivity index is 1.74. The number of amides is 1. The van der Waals surface area contributed by atoms with Crippen LogP contribution >= 0.6 is 11.6 Å². The van der Waals surface area contributed by atoms with Crippen LogP contribution < -0.4 is 5.32 Å². The number of fused-ring (bicyclic) bond motifs is 1. The lowest BCUT2D eigenvalue weighted by molar-refractivity contribution is -0.111. The first kappa shape index (κ1) is 15.8. The zero-order valence-electron chi connectivity index (χ0n) is 13.1. The van der Waals surface area contributed by atoms with Crippen molar-refractivity contribution in [3.8, 4) is 0 Å². The fourth-order valence-corrected chi connectivity index (χ4v) is 3.02. The van der Waals surface area contributed by atoms with Crippen LogP contribution in [0.25, 0.3) is 6.08 Å². The monoisotopic (exact) mass is 326 g/mol. The molecular formula is C19H19ClN2O. The zero-order valence-corrected chi connectivity index (χ0v) is 13.8. The van der Waals surface area contributed by atoms with Crippen molar-refractivity contribution in [2.24, 2.45) is 0 Å². The van der Waals surface area contributed by atoms with Gasteiger partial charge in [0.15, 0.2) is 0 Å². The van der Waals surface area contributed by atoms with Gasteiger partial charge >= 0.3 is 0 Å². The Morgan fingerprint density at radius 3 is 2.87 bits per heavy atom. The summed E-state index contributed by atoms with van der Waals surface area (Å²) in [5, 5.41) is 3.62. The average molecular weight is 327 g/mol. The third-order valence-corrected chi connectivity index (χ3v) is 4.38. The molecule has 0 unspecified atom stereocenters. The predicted octanol–water partition coefficient (Wildman–Crippen LogP) is 3.98. The van der Waals surface area contributed by atoms with Crippen molar-refractivity contribution in [2.45, 2.75) is 13.0 Å². The summed E-state index contributed by atoms with van der Waals surface area (Å²) < 4.78 is 0. The Labute approximate surface area is 141 Å². The molecule has 1 aliphatic rings. The highest BCUT2D eigenvalue weighted by Gasteiger charge is 2.16. The molecule has 0 fully saturated rings. The summed E-state index contributed by atoms with van der Waals surface area (Å²) in [6.07, 6.45) is 4.22. The van der Waals surface area contributed by atoms with Gasteiger partial charge in [0, 0.05) is 29.9 Å². The first-order chi connectivity index (χ1) is 11.1. The Bertz CT molecular complexity index is 755. The Hall–Kier alpha value is -2.10. The maximum absolute atomic E-state index is 12.2. The zero-order chi connectivity index (χ0) is 16.2. The van der Waals surface area contributed by atoms with Gasteiger partial charge in [-0.25, -0.2) is 0 Å². The van der Waals surface area contributed by atoms with Crippen LogP contribution in [0.1, 0.15) is 16.7 Å². The Kier molecular flexibility index (Phi) is 4.79. The van der Waals surface area contributed by atoms with Crippen LogP contribution in [0.2, 0.25) is 5.02 Å². The summed E-state index contributed by atoms with van der Waals surface area (Å²) in [5.74, 6) is -0.141. The summed E-state index contributed by atoms with van der Waals surface area (Å²) in [7, 11) is 2.11. The second-order valence-electron chi connectivity index (χ2n) is 5.78. The summed E-state index contributed by atoms with van der Waals surface area (Å²) in [6, 6.07) is 13.5. The quantitative estimate of drug-likeness (QED) is 0.865. The van der Waals surface area contributed by atoms with Crippen molar-refractivity contribution in [3.63, 3.8) is 0 Å². The molecule has 2 aromatic rings. The molecule has 1 aliphatic heterocycles. The summed E-state index contributed by atoms with van der Waals surface area (Å²) in [6.45, 7) is 1.93. The number of carbonyl (C=O) groups excluding carboxylic acids is 1. The molecule has 3 rings (SSSR count). The molecule has 0 saturated heterocycles. The Morgan fingerprint density at radius 1 is 1.22 bits per heavy atom. The van der Waals surface area contributed by atoms with Crippen LogP contribution in [0.3, 0.4) is 0 Å². The summed E-state index contributed by atoms with van der Waals surface area (Å²) in [4.78, 5) is 14.5. The van der Waals surface area contributed by atoms with Crippen molar-refractivity contribution in [3.05, 3.63) is 70.3 Å². The van der Waals surface area contributed by atoms with Crippen LogP contribution in [0, 0.1) is 0 Å². The molecule has 3 nitrogen and oxygen atoms in total.